The van der Waals surface area contributed by atoms with Gasteiger partial charge in [-0.15, -0.1) is 0 Å². The Kier molecular flexibility index (Phi) is 6.04. The molecule has 17 heavy (non-hydrogen) atoms. The number of hydrogen-bond acceptors (Lipinski definition) is 3. The standard InChI is InChI=1S/C11H18ClN3O2/c1-15-8-9(12)7-10(15)11(16)14-4-3-13-5-6-17-2/h7-8,13H,3-6H2,1-2H3,(H,14,16). The summed E-state index contributed by atoms with van der Waals surface area (Å²) in [6.07, 6.45) is 1.70. The molecule has 0 saturated heterocycles. The molecule has 0 spiro atoms. The van der Waals surface area contributed by atoms with Crippen molar-refractivity contribution in [3.05, 3.63) is 23.0 Å². The molecule has 0 unspecified atom stereocenters. The van der Waals surface area contributed by atoms with Gasteiger partial charge >= 0.3 is 0 Å². The molecule has 2 N–H and O–H groups in total. The first-order chi connectivity index (χ1) is 8.15. The number of amides is 1. The van der Waals surface area contributed by atoms with Gasteiger partial charge in [0, 0.05) is 40.0 Å². The number of hydrogen-bond donors (Lipinski definition) is 2. The van der Waals surface area contributed by atoms with E-state index < -0.39 is 0 Å². The zero-order chi connectivity index (χ0) is 12.7. The third kappa shape index (κ3) is 4.77. The molecule has 5 nitrogen and oxygen atoms in total. The third-order valence-electron chi connectivity index (χ3n) is 2.27. The van der Waals surface area contributed by atoms with E-state index in [9.17, 15) is 4.79 Å². The number of ether oxygens (including phenoxy) is 1. The Labute approximate surface area is 106 Å². The number of carbonyl (C=O) groups is 1. The molecule has 96 valence electrons. The molecular formula is C11H18ClN3O2. The number of nitrogens with one attached hydrogen (secondary N) is 2. The van der Waals surface area contributed by atoms with Crippen molar-refractivity contribution in [2.45, 2.75) is 0 Å². The van der Waals surface area contributed by atoms with Crippen molar-refractivity contribution in [3.8, 4) is 0 Å². The minimum absolute atomic E-state index is 0.118. The second kappa shape index (κ2) is 7.32. The molecular weight excluding hydrogens is 242 g/mol. The van der Waals surface area contributed by atoms with E-state index in [1.165, 1.54) is 0 Å². The molecule has 0 bridgehead atoms. The Hall–Kier alpha value is -1.04. The van der Waals surface area contributed by atoms with Gasteiger partial charge in [-0.25, -0.2) is 0 Å². The minimum Gasteiger partial charge on any atom is -0.383 e. The highest BCUT2D eigenvalue weighted by Gasteiger charge is 2.09. The van der Waals surface area contributed by atoms with Crippen molar-refractivity contribution < 1.29 is 9.53 Å². The highest BCUT2D eigenvalue weighted by Crippen LogP contribution is 2.12. The topological polar surface area (TPSA) is 55.3 Å². The molecule has 1 amide bonds. The molecule has 0 fully saturated rings. The van der Waals surface area contributed by atoms with Gasteiger partial charge in [0.25, 0.3) is 5.91 Å². The third-order valence-corrected chi connectivity index (χ3v) is 2.48. The monoisotopic (exact) mass is 259 g/mol. The fourth-order valence-corrected chi connectivity index (χ4v) is 1.65. The number of methoxy groups -OCH3 is 1. The van der Waals surface area contributed by atoms with Crippen molar-refractivity contribution in [2.24, 2.45) is 7.05 Å². The van der Waals surface area contributed by atoms with Gasteiger partial charge in [-0.1, -0.05) is 11.6 Å². The van der Waals surface area contributed by atoms with Crippen molar-refractivity contribution in [3.63, 3.8) is 0 Å². The van der Waals surface area contributed by atoms with Crippen LogP contribution in [0.5, 0.6) is 0 Å². The van der Waals surface area contributed by atoms with Crippen LogP contribution in [0.25, 0.3) is 0 Å². The number of carbonyl (C=O) groups excluding carboxylic acids is 1. The smallest absolute Gasteiger partial charge is 0.267 e. The quantitative estimate of drug-likeness (QED) is 0.707. The Morgan fingerprint density at radius 3 is 2.82 bits per heavy atom. The number of nitrogens with zero attached hydrogens (tertiary/aromatic N) is 1. The predicted octanol–water partition coefficient (Wildman–Crippen LogP) is 0.644. The molecule has 0 atom stereocenters. The molecule has 1 aromatic rings. The first-order valence-electron chi connectivity index (χ1n) is 5.45. The molecule has 6 heteroatoms. The van der Waals surface area contributed by atoms with E-state index in [-0.39, 0.29) is 5.91 Å². The lowest BCUT2D eigenvalue weighted by molar-refractivity contribution is 0.0945. The maximum atomic E-state index is 11.7. The van der Waals surface area contributed by atoms with Crippen LogP contribution in [0, 0.1) is 0 Å². The van der Waals surface area contributed by atoms with Gasteiger partial charge in [0.1, 0.15) is 5.69 Å². The molecule has 1 aromatic heterocycles. The Bertz CT molecular complexity index is 366. The van der Waals surface area contributed by atoms with Crippen LogP contribution in [-0.2, 0) is 11.8 Å². The van der Waals surface area contributed by atoms with Crippen LogP contribution in [0.2, 0.25) is 5.02 Å². The van der Waals surface area contributed by atoms with Gasteiger partial charge in [0.15, 0.2) is 0 Å². The predicted molar refractivity (Wildman–Crippen MR) is 67.5 cm³/mol. The van der Waals surface area contributed by atoms with Crippen molar-refractivity contribution in [1.29, 1.82) is 0 Å². The lowest BCUT2D eigenvalue weighted by Crippen LogP contribution is -2.33. The summed E-state index contributed by atoms with van der Waals surface area (Å²) in [5.74, 6) is -0.118. The van der Waals surface area contributed by atoms with Crippen LogP contribution in [0.15, 0.2) is 12.3 Å². The van der Waals surface area contributed by atoms with Crippen molar-refractivity contribution >= 4 is 17.5 Å². The number of rotatable bonds is 7. The Morgan fingerprint density at radius 2 is 2.24 bits per heavy atom. The molecule has 0 saturated carbocycles. The summed E-state index contributed by atoms with van der Waals surface area (Å²) in [6.45, 7) is 2.74. The molecule has 0 aromatic carbocycles. The van der Waals surface area contributed by atoms with Gasteiger partial charge in [0.05, 0.1) is 11.6 Å². The van der Waals surface area contributed by atoms with Crippen LogP contribution in [0.4, 0.5) is 0 Å². The maximum Gasteiger partial charge on any atom is 0.267 e. The fraction of sp³-hybridized carbons (Fsp3) is 0.545. The van der Waals surface area contributed by atoms with Gasteiger partial charge in [-0.3, -0.25) is 4.79 Å². The molecule has 1 heterocycles. The zero-order valence-electron chi connectivity index (χ0n) is 10.1. The van der Waals surface area contributed by atoms with E-state index in [1.807, 2.05) is 0 Å². The summed E-state index contributed by atoms with van der Waals surface area (Å²) >= 11 is 5.80. The summed E-state index contributed by atoms with van der Waals surface area (Å²) < 4.78 is 6.59. The lowest BCUT2D eigenvalue weighted by atomic mass is 10.4. The van der Waals surface area contributed by atoms with E-state index in [2.05, 4.69) is 10.6 Å². The Morgan fingerprint density at radius 1 is 1.47 bits per heavy atom. The number of aromatic nitrogens is 1. The van der Waals surface area contributed by atoms with E-state index >= 15 is 0 Å². The summed E-state index contributed by atoms with van der Waals surface area (Å²) in [4.78, 5) is 11.7. The van der Waals surface area contributed by atoms with Gasteiger partial charge in [0.2, 0.25) is 0 Å². The Balaban J connectivity index is 2.23. The summed E-state index contributed by atoms with van der Waals surface area (Å²) in [5.41, 5.74) is 0.562. The van der Waals surface area contributed by atoms with E-state index in [0.717, 1.165) is 6.54 Å². The van der Waals surface area contributed by atoms with Crippen LogP contribution in [0.3, 0.4) is 0 Å². The number of halogens is 1. The molecule has 0 radical (unpaired) electrons. The highest BCUT2D eigenvalue weighted by atomic mass is 35.5. The molecule has 0 aliphatic heterocycles. The normalized spacial score (nSPS) is 10.5. The average molecular weight is 260 g/mol. The van der Waals surface area contributed by atoms with Crippen LogP contribution in [-0.4, -0.2) is 43.8 Å². The number of aryl methyl sites for hydroxylation is 1. The highest BCUT2D eigenvalue weighted by molar-refractivity contribution is 6.31. The SMILES string of the molecule is COCCNCCNC(=O)c1cc(Cl)cn1C. The van der Waals surface area contributed by atoms with Gasteiger partial charge < -0.3 is 19.9 Å². The second-order valence-corrected chi connectivity index (χ2v) is 4.09. The van der Waals surface area contributed by atoms with Crippen LogP contribution >= 0.6 is 11.6 Å². The molecule has 1 rings (SSSR count). The maximum absolute atomic E-state index is 11.7. The summed E-state index contributed by atoms with van der Waals surface area (Å²) in [6, 6.07) is 1.65. The summed E-state index contributed by atoms with van der Waals surface area (Å²) in [5, 5.41) is 6.51. The molecule has 0 aliphatic rings. The van der Waals surface area contributed by atoms with E-state index in [0.29, 0.717) is 30.4 Å². The second-order valence-electron chi connectivity index (χ2n) is 3.65. The largest absolute Gasteiger partial charge is 0.383 e. The summed E-state index contributed by atoms with van der Waals surface area (Å²) in [7, 11) is 3.44. The van der Waals surface area contributed by atoms with Crippen LogP contribution in [0.1, 0.15) is 10.5 Å². The van der Waals surface area contributed by atoms with Gasteiger partial charge in [-0.05, 0) is 6.07 Å². The first kappa shape index (κ1) is 14.0. The first-order valence-corrected chi connectivity index (χ1v) is 5.82. The lowest BCUT2D eigenvalue weighted by Gasteiger charge is -2.07. The minimum atomic E-state index is -0.118. The van der Waals surface area contributed by atoms with E-state index in [4.69, 9.17) is 16.3 Å². The zero-order valence-corrected chi connectivity index (χ0v) is 10.9. The van der Waals surface area contributed by atoms with Gasteiger partial charge in [-0.2, -0.15) is 0 Å². The average Bonchev–Trinajstić information content (AvgIpc) is 2.62. The van der Waals surface area contributed by atoms with E-state index in [1.54, 1.807) is 31.0 Å². The van der Waals surface area contributed by atoms with Crippen molar-refractivity contribution in [2.75, 3.05) is 33.4 Å². The van der Waals surface area contributed by atoms with Crippen molar-refractivity contribution in [1.82, 2.24) is 15.2 Å². The molecule has 0 aliphatic carbocycles. The van der Waals surface area contributed by atoms with Crippen LogP contribution < -0.4 is 10.6 Å². The fourth-order valence-electron chi connectivity index (χ4n) is 1.40.